The van der Waals surface area contributed by atoms with Crippen molar-refractivity contribution in [2.75, 3.05) is 19.0 Å². The lowest BCUT2D eigenvalue weighted by Gasteiger charge is -2.13. The average molecular weight is 240 g/mol. The quantitative estimate of drug-likeness (QED) is 0.817. The molecule has 1 N–H and O–H groups in total. The minimum Gasteiger partial charge on any atom is -0.384 e. The summed E-state index contributed by atoms with van der Waals surface area (Å²) in [4.78, 5) is 2.02. The molecule has 1 atom stereocenters. The van der Waals surface area contributed by atoms with Crippen LogP contribution in [0, 0.1) is 0 Å². The fourth-order valence-electron chi connectivity index (χ4n) is 1.26. The van der Waals surface area contributed by atoms with Crippen LogP contribution in [-0.2, 0) is 0 Å². The van der Waals surface area contributed by atoms with Crippen LogP contribution in [0.15, 0.2) is 49.1 Å². The van der Waals surface area contributed by atoms with Gasteiger partial charge in [-0.05, 0) is 17.7 Å². The fourth-order valence-corrected chi connectivity index (χ4v) is 1.26. The third-order valence-electron chi connectivity index (χ3n) is 2.18. The van der Waals surface area contributed by atoms with E-state index in [1.54, 1.807) is 18.2 Å². The number of aliphatic hydroxyl groups excluding tert-OH is 1. The van der Waals surface area contributed by atoms with Gasteiger partial charge >= 0.3 is 0 Å². The highest BCUT2D eigenvalue weighted by Crippen LogP contribution is 2.18. The van der Waals surface area contributed by atoms with E-state index in [4.69, 9.17) is 0 Å². The molecule has 0 aliphatic carbocycles. The molecule has 0 amide bonds. The summed E-state index contributed by atoms with van der Waals surface area (Å²) in [5.41, 5.74) is 2.01. The molecule has 0 saturated heterocycles. The van der Waals surface area contributed by atoms with Crippen molar-refractivity contribution in [3.63, 3.8) is 0 Å². The van der Waals surface area contributed by atoms with Crippen molar-refractivity contribution in [2.45, 2.75) is 6.10 Å². The number of benzene rings is 1. The number of hydrogen-bond acceptors (Lipinski definition) is 2. The largest absolute Gasteiger partial charge is 0.384 e. The first kappa shape index (κ1) is 14.8. The van der Waals surface area contributed by atoms with Gasteiger partial charge in [-0.3, -0.25) is 0 Å². The normalized spacial score (nSPS) is 11.9. The Morgan fingerprint density at radius 3 is 2.25 bits per heavy atom. The molecule has 0 bridgehead atoms. The fraction of sp³-hybridized carbons (Fsp3) is 0.231. The lowest BCUT2D eigenvalue weighted by Crippen LogP contribution is -2.08. The van der Waals surface area contributed by atoms with Gasteiger partial charge in [-0.2, -0.15) is 0 Å². The highest BCUT2D eigenvalue weighted by atomic mass is 35.5. The second-order valence-corrected chi connectivity index (χ2v) is 3.55. The highest BCUT2D eigenvalue weighted by Gasteiger charge is 2.02. The molecule has 0 aliphatic heterocycles. The van der Waals surface area contributed by atoms with Crippen molar-refractivity contribution in [2.24, 2.45) is 0 Å². The summed E-state index contributed by atoms with van der Waals surface area (Å²) in [5, 5.41) is 9.73. The van der Waals surface area contributed by atoms with Gasteiger partial charge in [-0.15, -0.1) is 12.4 Å². The molecule has 1 aromatic carbocycles. The van der Waals surface area contributed by atoms with Crippen LogP contribution in [0.25, 0.3) is 0 Å². The third kappa shape index (κ3) is 4.09. The zero-order valence-corrected chi connectivity index (χ0v) is 10.4. The van der Waals surface area contributed by atoms with Crippen molar-refractivity contribution in [3.8, 4) is 0 Å². The third-order valence-corrected chi connectivity index (χ3v) is 2.18. The SMILES string of the molecule is C=CC=CC(O)c1ccc(N(C)C)cc1.Cl. The Morgan fingerprint density at radius 2 is 1.81 bits per heavy atom. The molecule has 1 aromatic rings. The summed E-state index contributed by atoms with van der Waals surface area (Å²) in [6.07, 6.45) is 4.54. The van der Waals surface area contributed by atoms with E-state index in [0.29, 0.717) is 0 Å². The van der Waals surface area contributed by atoms with Crippen LogP contribution in [0.4, 0.5) is 5.69 Å². The number of hydrogen-bond donors (Lipinski definition) is 1. The van der Waals surface area contributed by atoms with Crippen LogP contribution in [0.3, 0.4) is 0 Å². The van der Waals surface area contributed by atoms with Gasteiger partial charge in [0.1, 0.15) is 0 Å². The van der Waals surface area contributed by atoms with Crippen molar-refractivity contribution >= 4 is 18.1 Å². The van der Waals surface area contributed by atoms with Gasteiger partial charge in [0.05, 0.1) is 6.10 Å². The smallest absolute Gasteiger partial charge is 0.0974 e. The molecule has 0 saturated carbocycles. The second-order valence-electron chi connectivity index (χ2n) is 3.55. The number of allylic oxidation sites excluding steroid dienone is 2. The molecule has 0 aliphatic rings. The summed E-state index contributed by atoms with van der Waals surface area (Å²) >= 11 is 0. The van der Waals surface area contributed by atoms with E-state index < -0.39 is 6.10 Å². The molecule has 3 heteroatoms. The first-order valence-corrected chi connectivity index (χ1v) is 4.89. The minimum absolute atomic E-state index is 0. The van der Waals surface area contributed by atoms with Gasteiger partial charge in [-0.25, -0.2) is 0 Å². The van der Waals surface area contributed by atoms with E-state index in [0.717, 1.165) is 11.3 Å². The molecule has 1 unspecified atom stereocenters. The molecule has 0 spiro atoms. The molecule has 0 radical (unpaired) electrons. The Bertz CT molecular complexity index is 343. The molecule has 0 heterocycles. The second kappa shape index (κ2) is 7.09. The van der Waals surface area contributed by atoms with Crippen LogP contribution in [0.5, 0.6) is 0 Å². The number of rotatable bonds is 4. The maximum Gasteiger partial charge on any atom is 0.0974 e. The zero-order chi connectivity index (χ0) is 11.3. The average Bonchev–Trinajstić information content (AvgIpc) is 2.26. The summed E-state index contributed by atoms with van der Waals surface area (Å²) < 4.78 is 0. The monoisotopic (exact) mass is 239 g/mol. The highest BCUT2D eigenvalue weighted by molar-refractivity contribution is 5.85. The van der Waals surface area contributed by atoms with Crippen LogP contribution in [0.1, 0.15) is 11.7 Å². The van der Waals surface area contributed by atoms with Gasteiger partial charge in [0, 0.05) is 19.8 Å². The van der Waals surface area contributed by atoms with E-state index in [9.17, 15) is 5.11 Å². The van der Waals surface area contributed by atoms with Crippen molar-refractivity contribution in [1.82, 2.24) is 0 Å². The molecule has 1 rings (SSSR count). The van der Waals surface area contributed by atoms with Crippen molar-refractivity contribution < 1.29 is 5.11 Å². The topological polar surface area (TPSA) is 23.5 Å². The lowest BCUT2D eigenvalue weighted by molar-refractivity contribution is 0.228. The first-order chi connectivity index (χ1) is 7.15. The Labute approximate surface area is 103 Å². The molecule has 88 valence electrons. The molecule has 16 heavy (non-hydrogen) atoms. The lowest BCUT2D eigenvalue weighted by atomic mass is 10.1. The summed E-state index contributed by atoms with van der Waals surface area (Å²) in [7, 11) is 3.98. The molecular formula is C13H18ClNO. The van der Waals surface area contributed by atoms with E-state index in [1.165, 1.54) is 0 Å². The zero-order valence-electron chi connectivity index (χ0n) is 9.63. The minimum atomic E-state index is -0.556. The van der Waals surface area contributed by atoms with Crippen molar-refractivity contribution in [1.29, 1.82) is 0 Å². The predicted octanol–water partition coefficient (Wildman–Crippen LogP) is 2.95. The van der Waals surface area contributed by atoms with E-state index in [-0.39, 0.29) is 12.4 Å². The van der Waals surface area contributed by atoms with Crippen LogP contribution in [0.2, 0.25) is 0 Å². The number of aliphatic hydroxyl groups is 1. The van der Waals surface area contributed by atoms with E-state index >= 15 is 0 Å². The summed E-state index contributed by atoms with van der Waals surface area (Å²) in [6.45, 7) is 3.56. The molecule has 2 nitrogen and oxygen atoms in total. The Hall–Kier alpha value is -1.25. The maximum absolute atomic E-state index is 9.73. The Kier molecular flexibility index (Phi) is 6.54. The summed E-state index contributed by atoms with van der Waals surface area (Å²) in [6, 6.07) is 7.82. The van der Waals surface area contributed by atoms with Crippen LogP contribution in [-0.4, -0.2) is 19.2 Å². The van der Waals surface area contributed by atoms with E-state index in [2.05, 4.69) is 6.58 Å². The molecule has 0 fully saturated rings. The first-order valence-electron chi connectivity index (χ1n) is 4.89. The Balaban J connectivity index is 0.00000225. The van der Waals surface area contributed by atoms with Gasteiger partial charge in [0.2, 0.25) is 0 Å². The summed E-state index contributed by atoms with van der Waals surface area (Å²) in [5.74, 6) is 0. The number of anilines is 1. The maximum atomic E-state index is 9.73. The van der Waals surface area contributed by atoms with Crippen LogP contribution >= 0.6 is 12.4 Å². The predicted molar refractivity (Wildman–Crippen MR) is 72.3 cm³/mol. The number of halogens is 1. The molecule has 0 aromatic heterocycles. The standard InChI is InChI=1S/C13H17NO.ClH/c1-4-5-6-13(15)11-7-9-12(10-8-11)14(2)3;/h4-10,13,15H,1H2,2-3H3;1H. The van der Waals surface area contributed by atoms with E-state index in [1.807, 2.05) is 43.3 Å². The number of nitrogens with zero attached hydrogens (tertiary/aromatic N) is 1. The Morgan fingerprint density at radius 1 is 1.25 bits per heavy atom. The van der Waals surface area contributed by atoms with Crippen LogP contribution < -0.4 is 4.90 Å². The van der Waals surface area contributed by atoms with Gasteiger partial charge < -0.3 is 10.0 Å². The van der Waals surface area contributed by atoms with Gasteiger partial charge in [-0.1, -0.05) is 36.9 Å². The molecular weight excluding hydrogens is 222 g/mol. The van der Waals surface area contributed by atoms with Crippen molar-refractivity contribution in [3.05, 3.63) is 54.6 Å². The van der Waals surface area contributed by atoms with Gasteiger partial charge in [0.15, 0.2) is 0 Å². The van der Waals surface area contributed by atoms with Gasteiger partial charge in [0.25, 0.3) is 0 Å².